The van der Waals surface area contributed by atoms with E-state index in [0.717, 1.165) is 12.1 Å². The highest BCUT2D eigenvalue weighted by molar-refractivity contribution is 5.96. The minimum atomic E-state index is -0.754. The van der Waals surface area contributed by atoms with Crippen LogP contribution in [-0.4, -0.2) is 11.9 Å². The zero-order valence-electron chi connectivity index (χ0n) is 13.3. The fourth-order valence-electron chi connectivity index (χ4n) is 2.17. The highest BCUT2D eigenvalue weighted by Gasteiger charge is 2.14. The molecule has 0 aliphatic rings. The second-order valence-electron chi connectivity index (χ2n) is 5.27. The Kier molecular flexibility index (Phi) is 5.03. The van der Waals surface area contributed by atoms with Gasteiger partial charge in [0.1, 0.15) is 23.1 Å². The van der Waals surface area contributed by atoms with Crippen molar-refractivity contribution in [2.24, 2.45) is 0 Å². The molecule has 4 nitrogen and oxygen atoms in total. The van der Waals surface area contributed by atoms with Crippen molar-refractivity contribution in [3.63, 3.8) is 0 Å². The van der Waals surface area contributed by atoms with Gasteiger partial charge in [-0.05, 0) is 42.5 Å². The molecule has 26 heavy (non-hydrogen) atoms. The number of esters is 2. The van der Waals surface area contributed by atoms with E-state index in [0.29, 0.717) is 0 Å². The van der Waals surface area contributed by atoms with Gasteiger partial charge in [-0.15, -0.1) is 0 Å². The second-order valence-corrected chi connectivity index (χ2v) is 5.27. The lowest BCUT2D eigenvalue weighted by Gasteiger charge is -2.07. The molecule has 0 saturated carbocycles. The second kappa shape index (κ2) is 7.57. The molecule has 130 valence electrons. The summed E-state index contributed by atoms with van der Waals surface area (Å²) in [6, 6.07) is 15.9. The molecule has 3 aromatic carbocycles. The molecule has 0 aliphatic heterocycles. The van der Waals surface area contributed by atoms with Gasteiger partial charge in [-0.2, -0.15) is 0 Å². The number of hydrogen-bond donors (Lipinski definition) is 0. The molecule has 3 aromatic rings. The van der Waals surface area contributed by atoms with Crippen molar-refractivity contribution in [1.82, 2.24) is 0 Å². The van der Waals surface area contributed by atoms with Crippen LogP contribution in [0.4, 0.5) is 8.78 Å². The van der Waals surface area contributed by atoms with E-state index in [1.807, 2.05) is 0 Å². The van der Waals surface area contributed by atoms with Gasteiger partial charge < -0.3 is 9.47 Å². The van der Waals surface area contributed by atoms with Crippen molar-refractivity contribution in [2.45, 2.75) is 0 Å². The van der Waals surface area contributed by atoms with Crippen LogP contribution < -0.4 is 9.47 Å². The van der Waals surface area contributed by atoms with E-state index >= 15 is 0 Å². The summed E-state index contributed by atoms with van der Waals surface area (Å²) in [5.74, 6) is -2.50. The van der Waals surface area contributed by atoms with Gasteiger partial charge in [0, 0.05) is 12.1 Å². The van der Waals surface area contributed by atoms with Crippen LogP contribution in [0.1, 0.15) is 20.7 Å². The van der Waals surface area contributed by atoms with E-state index in [1.54, 1.807) is 0 Å². The van der Waals surface area contributed by atoms with Crippen LogP contribution >= 0.6 is 0 Å². The Morgan fingerprint density at radius 3 is 1.46 bits per heavy atom. The first-order valence-electron chi connectivity index (χ1n) is 7.57. The molecule has 0 spiro atoms. The zero-order chi connectivity index (χ0) is 18.5. The molecule has 0 saturated heterocycles. The Hall–Kier alpha value is -3.54. The van der Waals surface area contributed by atoms with Crippen molar-refractivity contribution in [3.05, 3.63) is 95.6 Å². The molecule has 0 fully saturated rings. The Morgan fingerprint density at radius 1 is 0.615 bits per heavy atom. The first-order valence-corrected chi connectivity index (χ1v) is 7.57. The van der Waals surface area contributed by atoms with Crippen LogP contribution in [0.2, 0.25) is 0 Å². The molecule has 0 heterocycles. The molecule has 0 aliphatic carbocycles. The van der Waals surface area contributed by atoms with Gasteiger partial charge in [0.05, 0.1) is 11.1 Å². The van der Waals surface area contributed by atoms with Gasteiger partial charge in [0.25, 0.3) is 0 Å². The van der Waals surface area contributed by atoms with Crippen molar-refractivity contribution in [3.8, 4) is 11.5 Å². The summed E-state index contributed by atoms with van der Waals surface area (Å²) in [7, 11) is 0. The quantitative estimate of drug-likeness (QED) is 0.515. The number of halogens is 2. The Labute approximate surface area is 147 Å². The fourth-order valence-corrected chi connectivity index (χ4v) is 2.17. The zero-order valence-corrected chi connectivity index (χ0v) is 13.3. The Balaban J connectivity index is 1.75. The van der Waals surface area contributed by atoms with Gasteiger partial charge in [-0.1, -0.05) is 18.2 Å². The van der Waals surface area contributed by atoms with E-state index in [9.17, 15) is 18.4 Å². The molecule has 0 radical (unpaired) electrons. The average molecular weight is 354 g/mol. The first kappa shape index (κ1) is 17.3. The summed E-state index contributed by atoms with van der Waals surface area (Å²) in [6.45, 7) is 0. The summed E-state index contributed by atoms with van der Waals surface area (Å²) in [4.78, 5) is 24.3. The largest absolute Gasteiger partial charge is 0.423 e. The molecule has 0 atom stereocenters. The number of carbonyl (C=O) groups is 2. The lowest BCUT2D eigenvalue weighted by Crippen LogP contribution is -2.12. The van der Waals surface area contributed by atoms with Crippen LogP contribution in [0.3, 0.4) is 0 Å². The van der Waals surface area contributed by atoms with E-state index < -0.39 is 23.6 Å². The highest BCUT2D eigenvalue weighted by atomic mass is 19.1. The number of rotatable bonds is 4. The molecule has 0 aromatic heterocycles. The summed E-state index contributed by atoms with van der Waals surface area (Å²) < 4.78 is 36.4. The number of ether oxygens (including phenoxy) is 2. The van der Waals surface area contributed by atoms with Crippen LogP contribution in [0.5, 0.6) is 11.5 Å². The Morgan fingerprint density at radius 2 is 1.04 bits per heavy atom. The third-order valence-corrected chi connectivity index (χ3v) is 3.35. The number of carbonyl (C=O) groups excluding carboxylic acids is 2. The van der Waals surface area contributed by atoms with E-state index in [1.165, 1.54) is 60.7 Å². The number of hydrogen-bond acceptors (Lipinski definition) is 4. The van der Waals surface area contributed by atoms with Crippen LogP contribution in [-0.2, 0) is 0 Å². The third-order valence-electron chi connectivity index (χ3n) is 3.35. The van der Waals surface area contributed by atoms with Gasteiger partial charge in [0.15, 0.2) is 0 Å². The summed E-state index contributed by atoms with van der Waals surface area (Å²) in [5.41, 5.74) is 0.172. The van der Waals surface area contributed by atoms with Crippen LogP contribution in [0.25, 0.3) is 0 Å². The fraction of sp³-hybridized carbons (Fsp3) is 0. The topological polar surface area (TPSA) is 52.6 Å². The van der Waals surface area contributed by atoms with Crippen molar-refractivity contribution < 1.29 is 27.8 Å². The van der Waals surface area contributed by atoms with E-state index in [4.69, 9.17) is 9.47 Å². The predicted molar refractivity (Wildman–Crippen MR) is 89.2 cm³/mol. The molecule has 6 heteroatoms. The molecular weight excluding hydrogens is 342 g/mol. The Bertz CT molecular complexity index is 895. The highest BCUT2D eigenvalue weighted by Crippen LogP contribution is 2.17. The molecule has 0 bridgehead atoms. The van der Waals surface area contributed by atoms with E-state index in [2.05, 4.69) is 0 Å². The third kappa shape index (κ3) is 4.30. The van der Waals surface area contributed by atoms with Crippen molar-refractivity contribution >= 4 is 11.9 Å². The summed E-state index contributed by atoms with van der Waals surface area (Å²) in [6.07, 6.45) is 0. The normalized spacial score (nSPS) is 10.2. The van der Waals surface area contributed by atoms with Crippen molar-refractivity contribution in [2.75, 3.05) is 0 Å². The lowest BCUT2D eigenvalue weighted by atomic mass is 10.1. The maximum Gasteiger partial charge on any atom is 0.343 e. The molecular formula is C20H12F2O4. The molecule has 3 rings (SSSR count). The monoisotopic (exact) mass is 354 g/mol. The predicted octanol–water partition coefficient (Wildman–Crippen LogP) is 4.40. The SMILES string of the molecule is O=C(Oc1cccc(F)c1)c1cccc(C(=O)Oc2cccc(F)c2)c1. The molecule has 0 unspecified atom stereocenters. The van der Waals surface area contributed by atoms with Gasteiger partial charge in [-0.25, -0.2) is 18.4 Å². The standard InChI is InChI=1S/C20H12F2O4/c21-15-6-2-8-17(11-15)25-19(23)13-4-1-5-14(10-13)20(24)26-18-9-3-7-16(22)12-18/h1-12H. The average Bonchev–Trinajstić information content (AvgIpc) is 2.62. The maximum absolute atomic E-state index is 13.1. The number of benzene rings is 3. The van der Waals surface area contributed by atoms with E-state index in [-0.39, 0.29) is 22.6 Å². The summed E-state index contributed by atoms with van der Waals surface area (Å²) in [5, 5.41) is 0. The van der Waals surface area contributed by atoms with Gasteiger partial charge >= 0.3 is 11.9 Å². The lowest BCUT2D eigenvalue weighted by molar-refractivity contribution is 0.0734. The van der Waals surface area contributed by atoms with Crippen LogP contribution in [0.15, 0.2) is 72.8 Å². The first-order chi connectivity index (χ1) is 12.5. The van der Waals surface area contributed by atoms with Gasteiger partial charge in [0.2, 0.25) is 0 Å². The minimum absolute atomic E-state index is 0.0442. The van der Waals surface area contributed by atoms with Gasteiger partial charge in [-0.3, -0.25) is 0 Å². The smallest absolute Gasteiger partial charge is 0.343 e. The molecule has 0 amide bonds. The summed E-state index contributed by atoms with van der Waals surface area (Å²) >= 11 is 0. The van der Waals surface area contributed by atoms with Crippen molar-refractivity contribution in [1.29, 1.82) is 0 Å². The van der Waals surface area contributed by atoms with Crippen LogP contribution in [0, 0.1) is 11.6 Å². The minimum Gasteiger partial charge on any atom is -0.423 e. The molecule has 0 N–H and O–H groups in total. The maximum atomic E-state index is 13.1.